The van der Waals surface area contributed by atoms with Crippen LogP contribution in [0, 0.1) is 20.2 Å². The first-order valence-corrected chi connectivity index (χ1v) is 31.1. The van der Waals surface area contributed by atoms with Crippen molar-refractivity contribution in [3.05, 3.63) is 182 Å². The molecule has 6 aromatic rings. The van der Waals surface area contributed by atoms with Gasteiger partial charge in [-0.25, -0.2) is 38.5 Å². The molecule has 0 spiro atoms. The summed E-state index contributed by atoms with van der Waals surface area (Å²) in [5, 5.41) is 20.7. The van der Waals surface area contributed by atoms with Gasteiger partial charge in [-0.2, -0.15) is 52.7 Å². The Morgan fingerprint density at radius 3 is 1.14 bits per heavy atom. The number of anilines is 5. The first kappa shape index (κ1) is 53.8. The van der Waals surface area contributed by atoms with Gasteiger partial charge in [0.1, 0.15) is 11.5 Å². The number of nitrogens with two attached hydrogens (primary N) is 2. The minimum atomic E-state index is -4.81. The maximum Gasteiger partial charge on any atom is 0.416 e. The van der Waals surface area contributed by atoms with Gasteiger partial charge < -0.3 is 20.9 Å². The van der Waals surface area contributed by atoms with Gasteiger partial charge in [-0.15, -0.1) is 0 Å². The van der Waals surface area contributed by atoms with Crippen LogP contribution in [0.3, 0.4) is 0 Å². The average molecular weight is 1450 g/mol. The fourth-order valence-corrected chi connectivity index (χ4v) is 7.51. The number of carbonyl (C=O) groups excluding carboxylic acids is 2. The molecule has 41 heteroatoms. The smallest absolute Gasteiger partial charge is 0.416 e. The summed E-state index contributed by atoms with van der Waals surface area (Å²) in [6, 6.07) is 25.3. The van der Waals surface area contributed by atoms with Crippen molar-refractivity contribution in [2.75, 3.05) is 50.7 Å². The van der Waals surface area contributed by atoms with Crippen LogP contribution in [0.15, 0.2) is 133 Å². The lowest BCUT2D eigenvalue weighted by Gasteiger charge is -2.13. The molecular formula is C47H75Cl2F12N7O16S4. The fraction of sp³-hybridized carbons (Fsp3) is 0.191. The highest BCUT2D eigenvalue weighted by molar-refractivity contribution is 8.13. The van der Waals surface area contributed by atoms with E-state index in [1.54, 1.807) is 47.2 Å². The SMILES string of the molecule is CS(=O)(=O)Cl.CS(=O)(=O)Nc1cc(CC(=O)Oc2ccccc2)cc(C(F)(F)F)c1.CS(=O)(=O)Nc1cc(N)cc(C(F)(F)F)c1.CS(=O)(=O)Nc1cc([N+](=O)[O-])cc(C(F)(F)F)c1.Nc1cc([N+](=O)[O-])cc(C(F)(F)F)c1.O=C(Cl)Oc1ccccc1.[2H][2H].[2H][2H].[2H][2H].[2H][2H].[2H][2H].[2H][2H].[2H][2H].[2H][2H].[2H][2H].[2H][2H].[2H][2H].[2H][2H].[2H][2H].[2H][2H].[2H][2H].[2H][2H]. The van der Waals surface area contributed by atoms with E-state index in [1.807, 2.05) is 15.5 Å². The van der Waals surface area contributed by atoms with Crippen molar-refractivity contribution in [3.8, 4) is 11.5 Å². The minimum absolute atomic E-state index is 0.0260. The number of hydrogen-bond acceptors (Lipinski definition) is 18. The van der Waals surface area contributed by atoms with E-state index < -0.39 is 131 Å². The number of hydrogen-bond donors (Lipinski definition) is 5. The van der Waals surface area contributed by atoms with Gasteiger partial charge in [0, 0.05) is 111 Å². The maximum atomic E-state index is 13.0. The number of halogens is 14. The standard InChI is InChI=1S/C16H14F3NO4S.C8H7F3N2O4S.C8H9F3N2O2S.C7H5ClO2.C7H5F3N2O2.CH3ClO2S.16H2/c1-25(22,23)20-13-8-11(7-12(10-13)16(17,18)19)9-15(21)24-14-5-3-2-4-6-14;1-18(16,17)12-6-2-5(8(9,10)11)3-7(4-6)13(14)15;1-16(14,15)13-7-3-5(8(9,10)11)2-6(12)4-7;8-7(9)10-6-4-2-1-3-5-6;8-7(9,10)4-1-5(11)3-6(2-4)12(13)14;1-5(2,3)4;;;;;;;;;;;;;;;;/h2-8,10,20H,9H2,1H3;2-4,12H,1H3;2-4,13H,12H2,1H3;1-5H;1-3H,11H2;1H3;16*1H/i;;;;;;16*1+1D. The maximum absolute atomic E-state index is 13.0. The van der Waals surface area contributed by atoms with Gasteiger partial charge in [0.15, 0.2) is 0 Å². The Balaban J connectivity index is -0.0000000741. The van der Waals surface area contributed by atoms with Gasteiger partial charge in [-0.05, 0) is 78.4 Å². The van der Waals surface area contributed by atoms with Gasteiger partial charge in [-0.3, -0.25) is 39.2 Å². The zero-order chi connectivity index (χ0) is 100. The Bertz CT molecular complexity index is 3970. The lowest BCUT2D eigenvalue weighted by Crippen LogP contribution is -2.15. The molecule has 0 saturated carbocycles. The van der Waals surface area contributed by atoms with Crippen molar-refractivity contribution in [1.29, 1.82) is 0 Å². The molecule has 516 valence electrons. The molecule has 0 aliphatic carbocycles. The zero-order valence-corrected chi connectivity index (χ0v) is 49.2. The zero-order valence-electron chi connectivity index (χ0n) is 76.4. The number of rotatable bonds is 12. The molecule has 0 heterocycles. The molecule has 23 nitrogen and oxygen atoms in total. The highest BCUT2D eigenvalue weighted by Crippen LogP contribution is 2.37. The summed E-state index contributed by atoms with van der Waals surface area (Å²) >= 11 is 4.95. The molecule has 0 saturated heterocycles. The molecule has 88 heavy (non-hydrogen) atoms. The fourth-order valence-electron chi connectivity index (χ4n) is 5.78. The quantitative estimate of drug-likeness (QED) is 0.0144. The first-order chi connectivity index (χ1) is 55.7. The van der Waals surface area contributed by atoms with Crippen LogP contribution in [0.5, 0.6) is 11.5 Å². The molecule has 7 N–H and O–H groups in total. The second kappa shape index (κ2) is 32.0. The number of nitrogens with one attached hydrogen (secondary N) is 3. The van der Waals surface area contributed by atoms with E-state index in [-0.39, 0.29) is 34.1 Å². The van der Waals surface area contributed by atoms with Crippen LogP contribution in [-0.4, -0.2) is 79.9 Å². The van der Waals surface area contributed by atoms with Crippen LogP contribution in [0.2, 0.25) is 0 Å². The second-order valence-electron chi connectivity index (χ2n) is 16.8. The molecule has 0 amide bonds. The van der Waals surface area contributed by atoms with Crippen LogP contribution in [0.25, 0.3) is 0 Å². The normalized spacial score (nSPS) is 13.1. The third-order valence-electron chi connectivity index (χ3n) is 8.71. The molecule has 0 bridgehead atoms. The number of nitro benzene ring substituents is 2. The van der Waals surface area contributed by atoms with Crippen molar-refractivity contribution >= 4 is 113 Å². The topological polar surface area (TPSA) is 364 Å². The highest BCUT2D eigenvalue weighted by Gasteiger charge is 2.35. The van der Waals surface area contributed by atoms with Gasteiger partial charge in [0.25, 0.3) is 11.4 Å². The number of ether oxygens (including phenoxy) is 2. The molecule has 6 rings (SSSR count). The summed E-state index contributed by atoms with van der Waals surface area (Å²) in [6.45, 7) is 0. The predicted octanol–water partition coefficient (Wildman–Crippen LogP) is 15.6. The molecule has 0 aliphatic rings. The van der Waals surface area contributed by atoms with E-state index in [9.17, 15) is 116 Å². The number of alkyl halides is 12. The van der Waals surface area contributed by atoms with E-state index in [0.717, 1.165) is 55.4 Å². The first-order valence-electron chi connectivity index (χ1n) is 38.4. The van der Waals surface area contributed by atoms with E-state index in [2.05, 4.69) is 15.4 Å². The van der Waals surface area contributed by atoms with Gasteiger partial charge in [-0.1, -0.05) is 36.4 Å². The largest absolute Gasteiger partial charge is 0.426 e. The Hall–Kier alpha value is -8.40. The number of nitrogen functional groups attached to an aromatic ring is 2. The number of non-ortho nitro benzene ring substituents is 2. The Kier molecular flexibility index (Phi) is 19.6. The Morgan fingerprint density at radius 1 is 0.500 bits per heavy atom. The Morgan fingerprint density at radius 2 is 0.795 bits per heavy atom. The number of sulfonamides is 3. The predicted molar refractivity (Wildman–Crippen MR) is 332 cm³/mol. The third kappa shape index (κ3) is 34.7. The summed E-state index contributed by atoms with van der Waals surface area (Å²) in [6.07, 6.45) is -15.8. The summed E-state index contributed by atoms with van der Waals surface area (Å²) in [7, 11) is -9.91. The molecule has 0 aliphatic heterocycles. The number of para-hydroxylation sites is 2. The number of benzene rings is 6. The molecule has 0 radical (unpaired) electrons. The second-order valence-corrected chi connectivity index (χ2v) is 25.4. The molecular weight excluding hydrogens is 1350 g/mol. The van der Waals surface area contributed by atoms with Crippen LogP contribution in [-0.2, 0) is 75.0 Å². The van der Waals surface area contributed by atoms with Crippen LogP contribution in [0.4, 0.5) is 97.3 Å². The van der Waals surface area contributed by atoms with Crippen LogP contribution < -0.4 is 35.1 Å². The van der Waals surface area contributed by atoms with Crippen molar-refractivity contribution in [1.82, 2.24) is 0 Å². The molecule has 0 unspecified atom stereocenters. The Labute approximate surface area is 549 Å². The van der Waals surface area contributed by atoms with E-state index in [4.69, 9.17) is 75.3 Å². The van der Waals surface area contributed by atoms with E-state index >= 15 is 0 Å². The van der Waals surface area contributed by atoms with Gasteiger partial charge >= 0.3 is 36.1 Å². The molecule has 0 aromatic heterocycles. The number of nitrogens with zero attached hydrogens (tertiary/aromatic N) is 2. The molecule has 0 fully saturated rings. The molecule has 6 aromatic carbocycles. The van der Waals surface area contributed by atoms with Gasteiger partial charge in [0.05, 0.1) is 74.9 Å². The summed E-state index contributed by atoms with van der Waals surface area (Å²) in [4.78, 5) is 40.8. The van der Waals surface area contributed by atoms with Crippen LogP contribution in [0.1, 0.15) is 75.3 Å². The van der Waals surface area contributed by atoms with Crippen molar-refractivity contribution in [2.24, 2.45) is 0 Å². The van der Waals surface area contributed by atoms with Crippen LogP contribution >= 0.6 is 22.3 Å². The summed E-state index contributed by atoms with van der Waals surface area (Å²) in [5.74, 6) is -0.0488. The van der Waals surface area contributed by atoms with E-state index in [0.29, 0.717) is 48.2 Å². The highest BCUT2D eigenvalue weighted by atomic mass is 35.7. The summed E-state index contributed by atoms with van der Waals surface area (Å²) in [5.41, 5.74) is 2.02. The average Bonchev–Trinajstić information content (AvgIpc) is 0.842. The van der Waals surface area contributed by atoms with E-state index in [1.165, 1.54) is 12.1 Å². The van der Waals surface area contributed by atoms with Gasteiger partial charge in [0.2, 0.25) is 39.1 Å². The third-order valence-corrected chi connectivity index (χ3v) is 10.6. The monoisotopic (exact) mass is 1450 g/mol. The number of nitro groups is 2. The summed E-state index contributed by atoms with van der Waals surface area (Å²) < 4.78 is 410. The molecule has 0 atom stereocenters. The van der Waals surface area contributed by atoms with Crippen molar-refractivity contribution < 1.29 is 163 Å². The number of esters is 1. The lowest BCUT2D eigenvalue weighted by molar-refractivity contribution is -0.385. The minimum Gasteiger partial charge on any atom is -0.426 e. The number of carbonyl (C=O) groups is 2. The van der Waals surface area contributed by atoms with Crippen molar-refractivity contribution in [2.45, 2.75) is 31.1 Å². The van der Waals surface area contributed by atoms with Crippen molar-refractivity contribution in [3.63, 3.8) is 0 Å². The lowest BCUT2D eigenvalue weighted by atomic mass is 10.1.